The normalized spacial score (nSPS) is 11.0. The number of rotatable bonds is 10. The standard InChI is InChI=1S/C25H31NO6/c1-18(27)31-22-14-12-20(13-15-22)17-30-26-23(28)11-6-5-8-19-9-7-10-21(16-19)24(29)32-25(2,3)4/h7,9-10,12-16H,5-6,8,11,17H2,1-4H3,(H,26,28). The maximum absolute atomic E-state index is 12.2. The Hall–Kier alpha value is -3.19. The van der Waals surface area contributed by atoms with Crippen molar-refractivity contribution in [3.8, 4) is 5.75 Å². The SMILES string of the molecule is CC(=O)Oc1ccc(CONC(=O)CCCCc2cccc(C(=O)OC(C)(C)C)c2)cc1. The Labute approximate surface area is 189 Å². The Morgan fingerprint density at radius 2 is 1.66 bits per heavy atom. The summed E-state index contributed by atoms with van der Waals surface area (Å²) in [6, 6.07) is 14.2. The second kappa shape index (κ2) is 12.0. The van der Waals surface area contributed by atoms with Crippen LogP contribution >= 0.6 is 0 Å². The lowest BCUT2D eigenvalue weighted by Crippen LogP contribution is -2.24. The first kappa shape index (κ1) is 25.1. The largest absolute Gasteiger partial charge is 0.456 e. The lowest BCUT2D eigenvalue weighted by Gasteiger charge is -2.19. The van der Waals surface area contributed by atoms with Gasteiger partial charge in [-0.15, -0.1) is 0 Å². The molecule has 2 rings (SSSR count). The van der Waals surface area contributed by atoms with E-state index >= 15 is 0 Å². The molecule has 172 valence electrons. The van der Waals surface area contributed by atoms with Crippen molar-refractivity contribution in [3.63, 3.8) is 0 Å². The number of ether oxygens (including phenoxy) is 2. The molecule has 0 saturated carbocycles. The Morgan fingerprint density at radius 1 is 0.938 bits per heavy atom. The number of hydrogen-bond donors (Lipinski definition) is 1. The fourth-order valence-electron chi connectivity index (χ4n) is 2.88. The minimum Gasteiger partial charge on any atom is -0.456 e. The molecule has 7 heteroatoms. The number of carbonyl (C=O) groups excluding carboxylic acids is 3. The van der Waals surface area contributed by atoms with Crippen molar-refractivity contribution in [2.75, 3.05) is 0 Å². The number of nitrogens with one attached hydrogen (secondary N) is 1. The zero-order chi connectivity index (χ0) is 23.6. The van der Waals surface area contributed by atoms with Gasteiger partial charge in [0.2, 0.25) is 5.91 Å². The summed E-state index contributed by atoms with van der Waals surface area (Å²) >= 11 is 0. The molecule has 0 spiro atoms. The van der Waals surface area contributed by atoms with E-state index in [4.69, 9.17) is 14.3 Å². The molecule has 32 heavy (non-hydrogen) atoms. The van der Waals surface area contributed by atoms with Gasteiger partial charge >= 0.3 is 11.9 Å². The van der Waals surface area contributed by atoms with Crippen LogP contribution in [0.3, 0.4) is 0 Å². The van der Waals surface area contributed by atoms with Gasteiger partial charge in [0, 0.05) is 13.3 Å². The summed E-state index contributed by atoms with van der Waals surface area (Å²) in [4.78, 5) is 40.3. The molecular formula is C25H31NO6. The molecule has 2 aromatic rings. The first-order chi connectivity index (χ1) is 15.1. The second-order valence-electron chi connectivity index (χ2n) is 8.46. The van der Waals surface area contributed by atoms with E-state index in [1.165, 1.54) is 6.92 Å². The van der Waals surface area contributed by atoms with E-state index in [-0.39, 0.29) is 24.5 Å². The predicted molar refractivity (Wildman–Crippen MR) is 120 cm³/mol. The molecule has 0 saturated heterocycles. The molecule has 0 heterocycles. The van der Waals surface area contributed by atoms with Crippen LogP contribution in [0.5, 0.6) is 5.75 Å². The highest BCUT2D eigenvalue weighted by Gasteiger charge is 2.17. The van der Waals surface area contributed by atoms with Crippen molar-refractivity contribution in [1.82, 2.24) is 5.48 Å². The van der Waals surface area contributed by atoms with Gasteiger partial charge in [0.25, 0.3) is 0 Å². The van der Waals surface area contributed by atoms with E-state index < -0.39 is 5.60 Å². The zero-order valence-electron chi connectivity index (χ0n) is 19.1. The molecule has 2 aromatic carbocycles. The van der Waals surface area contributed by atoms with Crippen LogP contribution in [0, 0.1) is 0 Å². The van der Waals surface area contributed by atoms with Crippen LogP contribution in [-0.4, -0.2) is 23.4 Å². The van der Waals surface area contributed by atoms with Gasteiger partial charge in [-0.05, 0) is 75.4 Å². The summed E-state index contributed by atoms with van der Waals surface area (Å²) in [5.41, 5.74) is 4.31. The molecule has 0 radical (unpaired) electrons. The van der Waals surface area contributed by atoms with Crippen LogP contribution in [0.4, 0.5) is 0 Å². The van der Waals surface area contributed by atoms with Crippen LogP contribution in [0.1, 0.15) is 68.4 Å². The van der Waals surface area contributed by atoms with Gasteiger partial charge in [0.05, 0.1) is 12.2 Å². The third-order valence-electron chi connectivity index (χ3n) is 4.29. The molecular weight excluding hydrogens is 410 g/mol. The summed E-state index contributed by atoms with van der Waals surface area (Å²) < 4.78 is 10.4. The van der Waals surface area contributed by atoms with Crippen molar-refractivity contribution in [3.05, 3.63) is 65.2 Å². The number of amides is 1. The number of carbonyl (C=O) groups is 3. The van der Waals surface area contributed by atoms with Crippen molar-refractivity contribution >= 4 is 17.8 Å². The minimum absolute atomic E-state index is 0.191. The summed E-state index contributed by atoms with van der Waals surface area (Å²) in [5.74, 6) is -0.445. The third-order valence-corrected chi connectivity index (χ3v) is 4.29. The maximum Gasteiger partial charge on any atom is 0.338 e. The number of aryl methyl sites for hydroxylation is 1. The van der Waals surface area contributed by atoms with Gasteiger partial charge in [-0.3, -0.25) is 14.4 Å². The topological polar surface area (TPSA) is 90.9 Å². The van der Waals surface area contributed by atoms with Crippen LogP contribution in [0.15, 0.2) is 48.5 Å². The van der Waals surface area contributed by atoms with E-state index in [1.807, 2.05) is 39.0 Å². The van der Waals surface area contributed by atoms with Gasteiger partial charge in [0.15, 0.2) is 0 Å². The molecule has 0 aliphatic heterocycles. The van der Waals surface area contributed by atoms with Gasteiger partial charge in [-0.2, -0.15) is 0 Å². The summed E-state index contributed by atoms with van der Waals surface area (Å²) in [7, 11) is 0. The highest BCUT2D eigenvalue weighted by Crippen LogP contribution is 2.15. The van der Waals surface area contributed by atoms with E-state index in [0.717, 1.165) is 24.0 Å². The first-order valence-corrected chi connectivity index (χ1v) is 10.6. The number of hydrogen-bond acceptors (Lipinski definition) is 6. The van der Waals surface area contributed by atoms with Gasteiger partial charge < -0.3 is 9.47 Å². The molecule has 7 nitrogen and oxygen atoms in total. The van der Waals surface area contributed by atoms with Crippen molar-refractivity contribution in [2.45, 2.75) is 65.6 Å². The van der Waals surface area contributed by atoms with E-state index in [0.29, 0.717) is 24.2 Å². The highest BCUT2D eigenvalue weighted by atomic mass is 16.6. The molecule has 0 fully saturated rings. The zero-order valence-corrected chi connectivity index (χ0v) is 19.1. The van der Waals surface area contributed by atoms with Gasteiger partial charge in [-0.1, -0.05) is 24.3 Å². The average Bonchev–Trinajstić information content (AvgIpc) is 2.71. The monoisotopic (exact) mass is 441 g/mol. The second-order valence-corrected chi connectivity index (χ2v) is 8.46. The van der Waals surface area contributed by atoms with E-state index in [2.05, 4.69) is 5.48 Å². The Kier molecular flexibility index (Phi) is 9.40. The van der Waals surface area contributed by atoms with E-state index in [1.54, 1.807) is 30.3 Å². The fourth-order valence-corrected chi connectivity index (χ4v) is 2.88. The van der Waals surface area contributed by atoms with Crippen molar-refractivity contribution < 1.29 is 28.7 Å². The van der Waals surface area contributed by atoms with E-state index in [9.17, 15) is 14.4 Å². The molecule has 0 unspecified atom stereocenters. The molecule has 1 amide bonds. The molecule has 0 atom stereocenters. The third kappa shape index (κ3) is 9.75. The van der Waals surface area contributed by atoms with Crippen molar-refractivity contribution in [2.24, 2.45) is 0 Å². The van der Waals surface area contributed by atoms with Crippen LogP contribution in [-0.2, 0) is 32.2 Å². The first-order valence-electron chi connectivity index (χ1n) is 10.6. The molecule has 0 aliphatic carbocycles. The quantitative estimate of drug-likeness (QED) is 0.252. The molecule has 0 aliphatic rings. The van der Waals surface area contributed by atoms with Gasteiger partial charge in [0.1, 0.15) is 11.4 Å². The molecule has 1 N–H and O–H groups in total. The van der Waals surface area contributed by atoms with Crippen molar-refractivity contribution in [1.29, 1.82) is 0 Å². The summed E-state index contributed by atoms with van der Waals surface area (Å²) in [6.07, 6.45) is 2.61. The predicted octanol–water partition coefficient (Wildman–Crippen LogP) is 4.53. The van der Waals surface area contributed by atoms with Gasteiger partial charge in [-0.25, -0.2) is 10.3 Å². The summed E-state index contributed by atoms with van der Waals surface area (Å²) in [5, 5.41) is 0. The highest BCUT2D eigenvalue weighted by molar-refractivity contribution is 5.89. The smallest absolute Gasteiger partial charge is 0.338 e. The average molecular weight is 442 g/mol. The molecule has 0 aromatic heterocycles. The number of benzene rings is 2. The lowest BCUT2D eigenvalue weighted by atomic mass is 10.0. The lowest BCUT2D eigenvalue weighted by molar-refractivity contribution is -0.135. The molecule has 0 bridgehead atoms. The fraction of sp³-hybridized carbons (Fsp3) is 0.400. The van der Waals surface area contributed by atoms with Crippen LogP contribution < -0.4 is 10.2 Å². The number of unbranched alkanes of at least 4 members (excludes halogenated alkanes) is 1. The minimum atomic E-state index is -0.532. The number of esters is 2. The Balaban J connectivity index is 1.65. The maximum atomic E-state index is 12.2. The summed E-state index contributed by atoms with van der Waals surface area (Å²) in [6.45, 7) is 7.07. The van der Waals surface area contributed by atoms with Crippen LogP contribution in [0.25, 0.3) is 0 Å². The Bertz CT molecular complexity index is 915. The number of hydroxylamine groups is 1. The van der Waals surface area contributed by atoms with Crippen LogP contribution in [0.2, 0.25) is 0 Å². The Morgan fingerprint density at radius 3 is 2.31 bits per heavy atom.